The Bertz CT molecular complexity index is 540. The summed E-state index contributed by atoms with van der Waals surface area (Å²) in [5.41, 5.74) is -0.220. The van der Waals surface area contributed by atoms with E-state index in [9.17, 15) is 14.7 Å². The molecule has 21 heavy (non-hydrogen) atoms. The summed E-state index contributed by atoms with van der Waals surface area (Å²) in [6.07, 6.45) is 0.130. The van der Waals surface area contributed by atoms with Crippen molar-refractivity contribution in [2.75, 3.05) is 6.54 Å². The molecule has 1 heterocycles. The van der Waals surface area contributed by atoms with Crippen molar-refractivity contribution in [3.8, 4) is 0 Å². The van der Waals surface area contributed by atoms with Crippen LogP contribution in [0.4, 0.5) is 4.79 Å². The van der Waals surface area contributed by atoms with Crippen LogP contribution in [0.15, 0.2) is 24.3 Å². The van der Waals surface area contributed by atoms with Gasteiger partial charge in [0.15, 0.2) is 0 Å². The van der Waals surface area contributed by atoms with Gasteiger partial charge in [-0.05, 0) is 30.5 Å². The SMILES string of the molecule is CCC1(CC)NC(=O)N(C[C@@H](O)c2ccc(Cl)cc2)C1=O. The number of amides is 3. The number of hydrogen-bond acceptors (Lipinski definition) is 3. The molecule has 1 aromatic carbocycles. The Balaban J connectivity index is 2.14. The number of benzene rings is 1. The molecule has 0 spiro atoms. The molecule has 2 rings (SSSR count). The molecule has 0 radical (unpaired) electrons. The average Bonchev–Trinajstić information content (AvgIpc) is 2.72. The van der Waals surface area contributed by atoms with Gasteiger partial charge in [0.25, 0.3) is 5.91 Å². The summed E-state index contributed by atoms with van der Waals surface area (Å²) in [7, 11) is 0. The molecule has 1 aromatic rings. The zero-order chi connectivity index (χ0) is 15.6. The summed E-state index contributed by atoms with van der Waals surface area (Å²) >= 11 is 5.80. The lowest BCUT2D eigenvalue weighted by atomic mass is 9.93. The van der Waals surface area contributed by atoms with Crippen molar-refractivity contribution in [3.05, 3.63) is 34.9 Å². The van der Waals surface area contributed by atoms with E-state index >= 15 is 0 Å². The maximum atomic E-state index is 12.4. The monoisotopic (exact) mass is 310 g/mol. The molecular formula is C15H19ClN2O3. The zero-order valence-electron chi connectivity index (χ0n) is 12.1. The minimum absolute atomic E-state index is 0.0615. The van der Waals surface area contributed by atoms with Gasteiger partial charge < -0.3 is 10.4 Å². The van der Waals surface area contributed by atoms with Gasteiger partial charge in [0.1, 0.15) is 5.54 Å². The van der Waals surface area contributed by atoms with Gasteiger partial charge in [-0.2, -0.15) is 0 Å². The van der Waals surface area contributed by atoms with Gasteiger partial charge in [0, 0.05) is 5.02 Å². The van der Waals surface area contributed by atoms with Crippen molar-refractivity contribution in [2.45, 2.75) is 38.3 Å². The van der Waals surface area contributed by atoms with Crippen LogP contribution < -0.4 is 5.32 Å². The molecule has 1 fully saturated rings. The molecule has 0 bridgehead atoms. The molecule has 1 atom stereocenters. The molecule has 1 aliphatic rings. The molecule has 1 aliphatic heterocycles. The average molecular weight is 311 g/mol. The maximum Gasteiger partial charge on any atom is 0.325 e. The molecule has 2 N–H and O–H groups in total. The van der Waals surface area contributed by atoms with E-state index in [2.05, 4.69) is 5.32 Å². The van der Waals surface area contributed by atoms with Crippen LogP contribution in [0.25, 0.3) is 0 Å². The highest BCUT2D eigenvalue weighted by Gasteiger charge is 2.49. The highest BCUT2D eigenvalue weighted by Crippen LogP contribution is 2.27. The molecule has 0 aliphatic carbocycles. The lowest BCUT2D eigenvalue weighted by molar-refractivity contribution is -0.132. The first kappa shape index (κ1) is 15.8. The quantitative estimate of drug-likeness (QED) is 0.821. The van der Waals surface area contributed by atoms with Crippen molar-refractivity contribution in [3.63, 3.8) is 0 Å². The molecule has 0 aromatic heterocycles. The van der Waals surface area contributed by atoms with Crippen LogP contribution in [0.5, 0.6) is 0 Å². The molecule has 5 nitrogen and oxygen atoms in total. The van der Waals surface area contributed by atoms with Crippen LogP contribution in [0, 0.1) is 0 Å². The Morgan fingerprint density at radius 1 is 1.24 bits per heavy atom. The van der Waals surface area contributed by atoms with Crippen molar-refractivity contribution < 1.29 is 14.7 Å². The number of urea groups is 1. The van der Waals surface area contributed by atoms with Crippen LogP contribution in [0.3, 0.4) is 0 Å². The molecule has 114 valence electrons. The Labute approximate surface area is 128 Å². The van der Waals surface area contributed by atoms with E-state index in [0.717, 1.165) is 4.90 Å². The number of nitrogens with zero attached hydrogens (tertiary/aromatic N) is 1. The summed E-state index contributed by atoms with van der Waals surface area (Å²) in [5, 5.41) is 13.5. The number of imide groups is 1. The van der Waals surface area contributed by atoms with Gasteiger partial charge in [0.2, 0.25) is 0 Å². The standard InChI is InChI=1S/C15H19ClN2O3/c1-3-15(4-2)13(20)18(14(21)17-15)9-12(19)10-5-7-11(16)8-6-10/h5-8,12,19H,3-4,9H2,1-2H3,(H,17,21)/t12-/m1/s1. The minimum Gasteiger partial charge on any atom is -0.387 e. The van der Waals surface area contributed by atoms with Crippen LogP contribution in [0.2, 0.25) is 5.02 Å². The molecule has 1 saturated heterocycles. The summed E-state index contributed by atoms with van der Waals surface area (Å²) in [5.74, 6) is -0.273. The third-order valence-electron chi connectivity index (χ3n) is 4.06. The Morgan fingerprint density at radius 3 is 2.29 bits per heavy atom. The van der Waals surface area contributed by atoms with Crippen LogP contribution in [0.1, 0.15) is 38.4 Å². The van der Waals surface area contributed by atoms with Gasteiger partial charge >= 0.3 is 6.03 Å². The maximum absolute atomic E-state index is 12.4. The largest absolute Gasteiger partial charge is 0.387 e. The third kappa shape index (κ3) is 2.89. The molecule has 0 unspecified atom stereocenters. The summed E-state index contributed by atoms with van der Waals surface area (Å²) < 4.78 is 0. The summed E-state index contributed by atoms with van der Waals surface area (Å²) in [6.45, 7) is 3.66. The third-order valence-corrected chi connectivity index (χ3v) is 4.32. The number of carbonyl (C=O) groups excluding carboxylic acids is 2. The van der Waals surface area contributed by atoms with Gasteiger partial charge in [-0.15, -0.1) is 0 Å². The number of aliphatic hydroxyl groups is 1. The van der Waals surface area contributed by atoms with E-state index in [4.69, 9.17) is 11.6 Å². The molecule has 0 saturated carbocycles. The number of hydrogen-bond donors (Lipinski definition) is 2. The van der Waals surface area contributed by atoms with Crippen molar-refractivity contribution in [1.29, 1.82) is 0 Å². The lowest BCUT2D eigenvalue weighted by Gasteiger charge is -2.24. The number of aliphatic hydroxyl groups excluding tert-OH is 1. The Kier molecular flexibility index (Phi) is 4.54. The van der Waals surface area contributed by atoms with Crippen LogP contribution in [-0.4, -0.2) is 34.0 Å². The zero-order valence-corrected chi connectivity index (χ0v) is 12.9. The topological polar surface area (TPSA) is 69.6 Å². The van der Waals surface area contributed by atoms with Gasteiger partial charge in [-0.3, -0.25) is 9.69 Å². The fourth-order valence-electron chi connectivity index (χ4n) is 2.53. The molecule has 6 heteroatoms. The predicted molar refractivity (Wildman–Crippen MR) is 80.0 cm³/mol. The first-order chi connectivity index (χ1) is 9.93. The first-order valence-electron chi connectivity index (χ1n) is 7.01. The number of halogens is 1. The summed E-state index contributed by atoms with van der Waals surface area (Å²) in [6, 6.07) is 6.23. The van der Waals surface area contributed by atoms with Crippen molar-refractivity contribution in [2.24, 2.45) is 0 Å². The molecular weight excluding hydrogens is 292 g/mol. The van der Waals surface area contributed by atoms with Crippen molar-refractivity contribution in [1.82, 2.24) is 10.2 Å². The van der Waals surface area contributed by atoms with E-state index in [0.29, 0.717) is 23.4 Å². The van der Waals surface area contributed by atoms with Crippen LogP contribution in [-0.2, 0) is 4.79 Å². The van der Waals surface area contributed by atoms with Gasteiger partial charge in [-0.25, -0.2) is 4.79 Å². The highest BCUT2D eigenvalue weighted by atomic mass is 35.5. The number of carbonyl (C=O) groups is 2. The number of rotatable bonds is 5. The van der Waals surface area contributed by atoms with E-state index in [1.807, 2.05) is 13.8 Å². The minimum atomic E-state index is -0.929. The van der Waals surface area contributed by atoms with Gasteiger partial charge in [0.05, 0.1) is 12.6 Å². The first-order valence-corrected chi connectivity index (χ1v) is 7.39. The highest BCUT2D eigenvalue weighted by molar-refractivity contribution is 6.30. The second-order valence-electron chi connectivity index (χ2n) is 5.20. The van der Waals surface area contributed by atoms with Crippen molar-refractivity contribution >= 4 is 23.5 Å². The van der Waals surface area contributed by atoms with Gasteiger partial charge in [-0.1, -0.05) is 37.6 Å². The lowest BCUT2D eigenvalue weighted by Crippen LogP contribution is -2.46. The van der Waals surface area contributed by atoms with E-state index in [1.165, 1.54) is 0 Å². The van der Waals surface area contributed by atoms with E-state index < -0.39 is 17.7 Å². The number of β-amino-alcohol motifs (C(OH)–C–C–N with tert-alkyl or cyclic N) is 1. The Hall–Kier alpha value is -1.59. The second-order valence-corrected chi connectivity index (χ2v) is 5.64. The fourth-order valence-corrected chi connectivity index (χ4v) is 2.66. The molecule has 3 amide bonds. The second kappa shape index (κ2) is 6.03. The van der Waals surface area contributed by atoms with E-state index in [1.54, 1.807) is 24.3 Å². The normalized spacial score (nSPS) is 18.8. The van der Waals surface area contributed by atoms with E-state index in [-0.39, 0.29) is 12.5 Å². The van der Waals surface area contributed by atoms with Crippen LogP contribution >= 0.6 is 11.6 Å². The fraction of sp³-hybridized carbons (Fsp3) is 0.467. The smallest absolute Gasteiger partial charge is 0.325 e. The Morgan fingerprint density at radius 2 is 1.81 bits per heavy atom. The summed E-state index contributed by atoms with van der Waals surface area (Å²) in [4.78, 5) is 25.5. The number of nitrogens with one attached hydrogen (secondary N) is 1. The predicted octanol–water partition coefficient (Wildman–Crippen LogP) is 2.48.